The lowest BCUT2D eigenvalue weighted by Gasteiger charge is -2.12. The van der Waals surface area contributed by atoms with Gasteiger partial charge in [0.05, 0.1) is 43.2 Å². The van der Waals surface area contributed by atoms with Gasteiger partial charge in [0.2, 0.25) is 0 Å². The minimum atomic E-state index is -0.125. The van der Waals surface area contributed by atoms with Gasteiger partial charge < -0.3 is 14.2 Å². The number of methoxy groups -OCH3 is 2. The number of amides is 1. The SMILES string of the molecule is CCOc1ccc2sc(N3Cc4ccc(OC)c(OC)c4C3=O)nc2c1. The number of benzene rings is 2. The Hall–Kier alpha value is -2.80. The topological polar surface area (TPSA) is 60.9 Å². The highest BCUT2D eigenvalue weighted by atomic mass is 32.1. The molecule has 0 unspecified atom stereocenters. The molecule has 0 radical (unpaired) electrons. The fraction of sp³-hybridized carbons (Fsp3) is 0.263. The minimum Gasteiger partial charge on any atom is -0.494 e. The highest BCUT2D eigenvalue weighted by Crippen LogP contribution is 2.41. The average Bonchev–Trinajstić information content (AvgIpc) is 3.22. The largest absolute Gasteiger partial charge is 0.494 e. The van der Waals surface area contributed by atoms with Crippen LogP contribution in [0.25, 0.3) is 10.2 Å². The van der Waals surface area contributed by atoms with Crippen LogP contribution < -0.4 is 19.1 Å². The lowest BCUT2D eigenvalue weighted by atomic mass is 10.1. The van der Waals surface area contributed by atoms with Crippen molar-refractivity contribution in [3.8, 4) is 17.2 Å². The Balaban J connectivity index is 1.73. The monoisotopic (exact) mass is 370 g/mol. The van der Waals surface area contributed by atoms with Crippen LogP contribution in [-0.2, 0) is 6.54 Å². The number of hydrogen-bond acceptors (Lipinski definition) is 6. The number of carbonyl (C=O) groups excluding carboxylic acids is 1. The van der Waals surface area contributed by atoms with Crippen molar-refractivity contribution in [2.24, 2.45) is 0 Å². The van der Waals surface area contributed by atoms with Crippen LogP contribution in [0.3, 0.4) is 0 Å². The number of hydrogen-bond donors (Lipinski definition) is 0. The normalized spacial score (nSPS) is 13.2. The van der Waals surface area contributed by atoms with Crippen molar-refractivity contribution in [3.63, 3.8) is 0 Å². The fourth-order valence-electron chi connectivity index (χ4n) is 3.13. The highest BCUT2D eigenvalue weighted by molar-refractivity contribution is 7.22. The molecule has 1 aliphatic rings. The summed E-state index contributed by atoms with van der Waals surface area (Å²) in [5.74, 6) is 1.67. The quantitative estimate of drug-likeness (QED) is 0.682. The van der Waals surface area contributed by atoms with Crippen LogP contribution in [0.1, 0.15) is 22.8 Å². The van der Waals surface area contributed by atoms with Crippen molar-refractivity contribution in [2.45, 2.75) is 13.5 Å². The predicted octanol–water partition coefficient (Wildman–Crippen LogP) is 3.87. The Labute approximate surface area is 154 Å². The van der Waals surface area contributed by atoms with E-state index in [0.717, 1.165) is 21.5 Å². The molecule has 0 spiro atoms. The van der Waals surface area contributed by atoms with Gasteiger partial charge in [0.25, 0.3) is 5.91 Å². The Morgan fingerprint density at radius 2 is 2.04 bits per heavy atom. The summed E-state index contributed by atoms with van der Waals surface area (Å²) in [6.07, 6.45) is 0. The lowest BCUT2D eigenvalue weighted by Crippen LogP contribution is -2.23. The number of carbonyl (C=O) groups is 1. The second-order valence-corrected chi connectivity index (χ2v) is 6.79. The van der Waals surface area contributed by atoms with Gasteiger partial charge in [-0.05, 0) is 30.7 Å². The van der Waals surface area contributed by atoms with Crippen LogP contribution in [0.2, 0.25) is 0 Å². The molecule has 0 N–H and O–H groups in total. The molecule has 0 saturated heterocycles. The summed E-state index contributed by atoms with van der Waals surface area (Å²) in [6.45, 7) is 3.01. The molecular weight excluding hydrogens is 352 g/mol. The second-order valence-electron chi connectivity index (χ2n) is 5.79. The Bertz CT molecular complexity index is 999. The smallest absolute Gasteiger partial charge is 0.264 e. The van der Waals surface area contributed by atoms with E-state index < -0.39 is 0 Å². The van der Waals surface area contributed by atoms with Gasteiger partial charge in [-0.15, -0.1) is 0 Å². The molecule has 3 aromatic rings. The Morgan fingerprint density at radius 3 is 2.77 bits per heavy atom. The first-order valence-corrected chi connectivity index (χ1v) is 9.07. The average molecular weight is 370 g/mol. The zero-order chi connectivity index (χ0) is 18.3. The second kappa shape index (κ2) is 6.49. The lowest BCUT2D eigenvalue weighted by molar-refractivity contribution is 0.0993. The summed E-state index contributed by atoms with van der Waals surface area (Å²) in [4.78, 5) is 19.3. The van der Waals surface area contributed by atoms with E-state index in [4.69, 9.17) is 14.2 Å². The third-order valence-electron chi connectivity index (χ3n) is 4.31. The molecule has 0 fully saturated rings. The third kappa shape index (κ3) is 2.55. The van der Waals surface area contributed by atoms with E-state index in [9.17, 15) is 4.79 Å². The van der Waals surface area contributed by atoms with Crippen LogP contribution in [0.4, 0.5) is 5.13 Å². The summed E-state index contributed by atoms with van der Waals surface area (Å²) in [6, 6.07) is 9.51. The van der Waals surface area contributed by atoms with E-state index in [-0.39, 0.29) is 5.91 Å². The van der Waals surface area contributed by atoms with Crippen LogP contribution in [-0.4, -0.2) is 31.7 Å². The van der Waals surface area contributed by atoms with Crippen molar-refractivity contribution in [1.82, 2.24) is 4.98 Å². The number of ether oxygens (including phenoxy) is 3. The third-order valence-corrected chi connectivity index (χ3v) is 5.37. The molecule has 1 aliphatic heterocycles. The molecule has 1 amide bonds. The van der Waals surface area contributed by atoms with E-state index >= 15 is 0 Å². The van der Waals surface area contributed by atoms with Crippen LogP contribution >= 0.6 is 11.3 Å². The number of thiazole rings is 1. The van der Waals surface area contributed by atoms with Crippen molar-refractivity contribution in [2.75, 3.05) is 25.7 Å². The predicted molar refractivity (Wildman–Crippen MR) is 101 cm³/mol. The molecule has 0 atom stereocenters. The summed E-state index contributed by atoms with van der Waals surface area (Å²) >= 11 is 1.49. The molecular formula is C19H18N2O4S. The maximum Gasteiger partial charge on any atom is 0.264 e. The molecule has 7 heteroatoms. The Kier molecular flexibility index (Phi) is 4.16. The number of nitrogens with zero attached hydrogens (tertiary/aromatic N) is 2. The van der Waals surface area contributed by atoms with E-state index in [1.807, 2.05) is 37.3 Å². The van der Waals surface area contributed by atoms with E-state index in [1.54, 1.807) is 19.1 Å². The molecule has 134 valence electrons. The summed E-state index contributed by atoms with van der Waals surface area (Å²) in [7, 11) is 3.10. The van der Waals surface area contributed by atoms with Gasteiger partial charge >= 0.3 is 0 Å². The van der Waals surface area contributed by atoms with E-state index in [2.05, 4.69) is 4.98 Å². The van der Waals surface area contributed by atoms with Gasteiger partial charge in [-0.3, -0.25) is 9.69 Å². The fourth-order valence-corrected chi connectivity index (χ4v) is 4.08. The van der Waals surface area contributed by atoms with Gasteiger partial charge in [0.15, 0.2) is 16.6 Å². The molecule has 4 rings (SSSR count). The van der Waals surface area contributed by atoms with E-state index in [1.165, 1.54) is 11.3 Å². The van der Waals surface area contributed by atoms with Crippen molar-refractivity contribution in [3.05, 3.63) is 41.5 Å². The standard InChI is InChI=1S/C19H18N2O4S/c1-4-25-12-6-8-15-13(9-12)20-19(26-15)21-10-11-5-7-14(23-2)17(24-3)16(11)18(21)22/h5-9H,4,10H2,1-3H3. The molecule has 26 heavy (non-hydrogen) atoms. The zero-order valence-corrected chi connectivity index (χ0v) is 15.6. The zero-order valence-electron chi connectivity index (χ0n) is 14.7. The number of fused-ring (bicyclic) bond motifs is 2. The van der Waals surface area contributed by atoms with Crippen LogP contribution in [0, 0.1) is 0 Å². The molecule has 0 bridgehead atoms. The molecule has 0 saturated carbocycles. The maximum atomic E-state index is 13.0. The Morgan fingerprint density at radius 1 is 1.19 bits per heavy atom. The molecule has 2 aromatic carbocycles. The number of anilines is 1. The molecule has 1 aromatic heterocycles. The van der Waals surface area contributed by atoms with Gasteiger partial charge in [0, 0.05) is 6.07 Å². The number of rotatable bonds is 5. The van der Waals surface area contributed by atoms with Crippen molar-refractivity contribution >= 4 is 32.6 Å². The first-order chi connectivity index (χ1) is 12.7. The van der Waals surface area contributed by atoms with Crippen molar-refractivity contribution < 1.29 is 19.0 Å². The summed E-state index contributed by atoms with van der Waals surface area (Å²) in [5.41, 5.74) is 2.27. The highest BCUT2D eigenvalue weighted by Gasteiger charge is 2.35. The van der Waals surface area contributed by atoms with Crippen molar-refractivity contribution in [1.29, 1.82) is 0 Å². The van der Waals surface area contributed by atoms with Gasteiger partial charge in [-0.2, -0.15) is 0 Å². The molecule has 0 aliphatic carbocycles. The number of aromatic nitrogens is 1. The molecule has 6 nitrogen and oxygen atoms in total. The summed E-state index contributed by atoms with van der Waals surface area (Å²) < 4.78 is 17.3. The first kappa shape index (κ1) is 16.7. The maximum absolute atomic E-state index is 13.0. The van der Waals surface area contributed by atoms with Gasteiger partial charge in [0.1, 0.15) is 5.75 Å². The molecule has 2 heterocycles. The van der Waals surface area contributed by atoms with Gasteiger partial charge in [-0.25, -0.2) is 4.98 Å². The van der Waals surface area contributed by atoms with E-state index in [0.29, 0.717) is 35.3 Å². The summed E-state index contributed by atoms with van der Waals surface area (Å²) in [5, 5.41) is 0.663. The first-order valence-electron chi connectivity index (χ1n) is 8.25. The van der Waals surface area contributed by atoms with Gasteiger partial charge in [-0.1, -0.05) is 17.4 Å². The van der Waals surface area contributed by atoms with Crippen LogP contribution in [0.15, 0.2) is 30.3 Å². The minimum absolute atomic E-state index is 0.125. The van der Waals surface area contributed by atoms with Crippen LogP contribution in [0.5, 0.6) is 17.2 Å².